The topological polar surface area (TPSA) is 149 Å². The van der Waals surface area contributed by atoms with Crippen LogP contribution in [0.3, 0.4) is 0 Å². The second kappa shape index (κ2) is 12.1. The number of carboxylic acid groups (broad SMARTS) is 4. The lowest BCUT2D eigenvalue weighted by Crippen LogP contribution is -2.53. The van der Waals surface area contributed by atoms with Gasteiger partial charge in [0.15, 0.2) is 0 Å². The van der Waals surface area contributed by atoms with Gasteiger partial charge < -0.3 is 20.4 Å². The minimum atomic E-state index is -3.46. The molecule has 148 valence electrons. The molecule has 0 spiro atoms. The average Bonchev–Trinajstić information content (AvgIpc) is 2.54. The zero-order chi connectivity index (χ0) is 20.2. The van der Waals surface area contributed by atoms with Crippen molar-refractivity contribution in [1.29, 1.82) is 0 Å². The van der Waals surface area contributed by atoms with Gasteiger partial charge in [0.25, 0.3) is 5.41 Å². The van der Waals surface area contributed by atoms with Crippen LogP contribution in [0.2, 0.25) is 0 Å². The zero-order valence-corrected chi connectivity index (χ0v) is 15.0. The van der Waals surface area contributed by atoms with Gasteiger partial charge in [-0.2, -0.15) is 0 Å². The van der Waals surface area contributed by atoms with Crippen LogP contribution < -0.4 is 0 Å². The first kappa shape index (κ1) is 23.6. The van der Waals surface area contributed by atoms with Gasteiger partial charge in [-0.15, -0.1) is 0 Å². The van der Waals surface area contributed by atoms with E-state index in [0.717, 1.165) is 31.8 Å². The van der Waals surface area contributed by atoms with Crippen LogP contribution in [-0.4, -0.2) is 44.3 Å². The van der Waals surface area contributed by atoms with E-state index in [4.69, 9.17) is 20.4 Å². The van der Waals surface area contributed by atoms with E-state index in [0.29, 0.717) is 6.42 Å². The van der Waals surface area contributed by atoms with Gasteiger partial charge in [-0.25, -0.2) is 0 Å². The smallest absolute Gasteiger partial charge is 0.334 e. The molecule has 26 heavy (non-hydrogen) atoms. The summed E-state index contributed by atoms with van der Waals surface area (Å²) in [6.07, 6.45) is 11.2. The number of unbranched alkanes of at least 4 members (excludes halogenated alkanes) is 8. The van der Waals surface area contributed by atoms with Gasteiger partial charge in [0.1, 0.15) is 5.92 Å². The number of hydrogen-bond acceptors (Lipinski definition) is 4. The number of carbonyl (C=O) groups is 4. The fourth-order valence-corrected chi connectivity index (χ4v) is 2.71. The van der Waals surface area contributed by atoms with E-state index in [1.807, 2.05) is 0 Å². The maximum absolute atomic E-state index is 11.3. The predicted octanol–water partition coefficient (Wildman–Crippen LogP) is 3.01. The highest BCUT2D eigenvalue weighted by molar-refractivity contribution is 6.19. The molecular weight excluding hydrogens is 344 g/mol. The summed E-state index contributed by atoms with van der Waals surface area (Å²) in [5.41, 5.74) is -3.46. The molecule has 0 aromatic carbocycles. The predicted molar refractivity (Wildman–Crippen MR) is 92.8 cm³/mol. The molecule has 0 aliphatic rings. The Morgan fingerprint density at radius 2 is 1.19 bits per heavy atom. The number of rotatable bonds is 15. The lowest BCUT2D eigenvalue weighted by atomic mass is 9.74. The van der Waals surface area contributed by atoms with Gasteiger partial charge in [-0.3, -0.25) is 19.2 Å². The lowest BCUT2D eigenvalue weighted by molar-refractivity contribution is -0.183. The van der Waals surface area contributed by atoms with Crippen LogP contribution in [0.1, 0.15) is 64.7 Å². The summed E-state index contributed by atoms with van der Waals surface area (Å²) in [6.45, 7) is 2.14. The highest BCUT2D eigenvalue weighted by Crippen LogP contribution is 2.31. The van der Waals surface area contributed by atoms with Crippen molar-refractivity contribution >= 4 is 23.9 Å². The van der Waals surface area contributed by atoms with Crippen molar-refractivity contribution in [3.05, 3.63) is 12.2 Å². The van der Waals surface area contributed by atoms with Crippen LogP contribution in [0.15, 0.2) is 12.2 Å². The lowest BCUT2D eigenvalue weighted by Gasteiger charge is -2.24. The van der Waals surface area contributed by atoms with E-state index < -0.39 is 35.2 Å². The molecule has 8 nitrogen and oxygen atoms in total. The summed E-state index contributed by atoms with van der Waals surface area (Å²) in [5.74, 6) is -10.7. The maximum Gasteiger partial charge on any atom is 0.334 e. The first-order chi connectivity index (χ1) is 12.2. The highest BCUT2D eigenvalue weighted by atomic mass is 16.4. The molecular formula is C18H28O8. The first-order valence-corrected chi connectivity index (χ1v) is 8.82. The molecule has 0 bridgehead atoms. The molecule has 0 saturated heterocycles. The minimum absolute atomic E-state index is 0.424. The zero-order valence-electron chi connectivity index (χ0n) is 15.0. The molecule has 0 saturated carbocycles. The van der Waals surface area contributed by atoms with E-state index in [2.05, 4.69) is 6.92 Å². The second-order valence-electron chi connectivity index (χ2n) is 6.23. The van der Waals surface area contributed by atoms with E-state index in [1.165, 1.54) is 31.8 Å². The van der Waals surface area contributed by atoms with E-state index >= 15 is 0 Å². The summed E-state index contributed by atoms with van der Waals surface area (Å²) >= 11 is 0. The van der Waals surface area contributed by atoms with Crippen LogP contribution in [0.5, 0.6) is 0 Å². The fraction of sp³-hybridized carbons (Fsp3) is 0.667. The van der Waals surface area contributed by atoms with Gasteiger partial charge in [-0.05, 0) is 12.8 Å². The van der Waals surface area contributed by atoms with Gasteiger partial charge in [0.2, 0.25) is 0 Å². The second-order valence-corrected chi connectivity index (χ2v) is 6.23. The Kier molecular flexibility index (Phi) is 10.9. The number of allylic oxidation sites excluding steroid dienone is 1. The standard InChI is InChI=1S/C18H28O8/c1-2-3-4-5-6-7-8-9-10-11-12-13(14(19)20)18(15(21)22,16(23)24)17(25)26/h11-13H,2-10H2,1H3,(H,19,20)(H,21,22)(H,23,24)(H,25,26). The molecule has 8 heteroatoms. The number of carboxylic acids is 4. The largest absolute Gasteiger partial charge is 0.481 e. The summed E-state index contributed by atoms with van der Waals surface area (Å²) in [6, 6.07) is 0. The Labute approximate surface area is 152 Å². The highest BCUT2D eigenvalue weighted by Gasteiger charge is 2.62. The third-order valence-electron chi connectivity index (χ3n) is 4.30. The molecule has 0 aromatic heterocycles. The van der Waals surface area contributed by atoms with Crippen LogP contribution in [0.25, 0.3) is 0 Å². The van der Waals surface area contributed by atoms with Crippen LogP contribution in [0.4, 0.5) is 0 Å². The third-order valence-corrected chi connectivity index (χ3v) is 4.30. The molecule has 0 fully saturated rings. The maximum atomic E-state index is 11.3. The Morgan fingerprint density at radius 1 is 0.769 bits per heavy atom. The molecule has 1 atom stereocenters. The first-order valence-electron chi connectivity index (χ1n) is 8.82. The van der Waals surface area contributed by atoms with Gasteiger partial charge in [-0.1, -0.05) is 64.0 Å². The van der Waals surface area contributed by atoms with Crippen molar-refractivity contribution in [3.63, 3.8) is 0 Å². The number of hydrogen-bond donors (Lipinski definition) is 4. The SMILES string of the molecule is CCCCCCCCCCC=CC(C(=O)O)C(C(=O)O)(C(=O)O)C(=O)O. The summed E-state index contributed by atoms with van der Waals surface area (Å²) in [5, 5.41) is 36.4. The molecule has 0 amide bonds. The van der Waals surface area contributed by atoms with E-state index in [9.17, 15) is 19.2 Å². The molecule has 0 aliphatic heterocycles. The molecule has 0 radical (unpaired) electrons. The summed E-state index contributed by atoms with van der Waals surface area (Å²) in [4.78, 5) is 45.1. The van der Waals surface area contributed by atoms with Gasteiger partial charge >= 0.3 is 23.9 Å². The van der Waals surface area contributed by atoms with Crippen molar-refractivity contribution in [1.82, 2.24) is 0 Å². The molecule has 0 rings (SSSR count). The Balaban J connectivity index is 4.75. The van der Waals surface area contributed by atoms with Gasteiger partial charge in [0, 0.05) is 0 Å². The summed E-state index contributed by atoms with van der Waals surface area (Å²) < 4.78 is 0. The Bertz CT molecular complexity index is 487. The van der Waals surface area contributed by atoms with Crippen LogP contribution >= 0.6 is 0 Å². The van der Waals surface area contributed by atoms with Crippen LogP contribution in [-0.2, 0) is 19.2 Å². The fourth-order valence-electron chi connectivity index (χ4n) is 2.71. The Hall–Kier alpha value is -2.38. The molecule has 0 heterocycles. The third kappa shape index (κ3) is 6.50. The Morgan fingerprint density at radius 3 is 1.58 bits per heavy atom. The monoisotopic (exact) mass is 372 g/mol. The average molecular weight is 372 g/mol. The van der Waals surface area contributed by atoms with Crippen molar-refractivity contribution < 1.29 is 39.6 Å². The minimum Gasteiger partial charge on any atom is -0.481 e. The van der Waals surface area contributed by atoms with Crippen molar-refractivity contribution in [2.75, 3.05) is 0 Å². The van der Waals surface area contributed by atoms with Crippen LogP contribution in [0, 0.1) is 11.3 Å². The normalized spacial score (nSPS) is 12.8. The van der Waals surface area contributed by atoms with E-state index in [1.54, 1.807) is 0 Å². The van der Waals surface area contributed by atoms with Crippen molar-refractivity contribution in [3.8, 4) is 0 Å². The number of aliphatic carboxylic acids is 4. The summed E-state index contributed by atoms with van der Waals surface area (Å²) in [7, 11) is 0. The molecule has 0 aliphatic carbocycles. The molecule has 1 unspecified atom stereocenters. The van der Waals surface area contributed by atoms with Crippen molar-refractivity contribution in [2.45, 2.75) is 64.7 Å². The molecule has 0 aromatic rings. The van der Waals surface area contributed by atoms with E-state index in [-0.39, 0.29) is 0 Å². The van der Waals surface area contributed by atoms with Gasteiger partial charge in [0.05, 0.1) is 0 Å². The quantitative estimate of drug-likeness (QED) is 0.195. The molecule has 4 N–H and O–H groups in total. The van der Waals surface area contributed by atoms with Crippen molar-refractivity contribution in [2.24, 2.45) is 11.3 Å².